The molecule has 3 radical (unpaired) electrons. The maximum Gasteiger partial charge on any atom is 5.00 e. The van der Waals surface area contributed by atoms with Gasteiger partial charge in [0.2, 0.25) is 0 Å². The summed E-state index contributed by atoms with van der Waals surface area (Å²) < 4.78 is 0. The Hall–Kier alpha value is -3.05. The van der Waals surface area contributed by atoms with E-state index in [-0.39, 0.29) is 62.8 Å². The third-order valence-electron chi connectivity index (χ3n) is 5.77. The molecule has 0 saturated carbocycles. The van der Waals surface area contributed by atoms with E-state index in [4.69, 9.17) is 6.42 Å². The molecule has 0 aliphatic rings. The number of rotatable bonds is 3. The maximum absolute atomic E-state index is 6.69. The van der Waals surface area contributed by atoms with Crippen molar-refractivity contribution in [1.82, 2.24) is 0 Å². The first-order valence-corrected chi connectivity index (χ1v) is 15.4. The second-order valence-electron chi connectivity index (χ2n) is 8.85. The summed E-state index contributed by atoms with van der Waals surface area (Å²) in [5.41, 5.74) is 0.826. The van der Waals surface area contributed by atoms with Gasteiger partial charge in [0.15, 0.2) is 0 Å². The topological polar surface area (TPSA) is 0 Å². The maximum atomic E-state index is 6.69. The predicted molar refractivity (Wildman–Crippen MR) is 191 cm³/mol. The van der Waals surface area contributed by atoms with Gasteiger partial charge in [0.05, 0.1) is 7.92 Å². The molecule has 7 aromatic rings. The van der Waals surface area contributed by atoms with E-state index in [1.165, 1.54) is 15.9 Å². The smallest absolute Gasteiger partial charge is 0.748 e. The third-order valence-corrected chi connectivity index (χ3v) is 8.50. The van der Waals surface area contributed by atoms with E-state index in [1.54, 1.807) is 0 Å². The Labute approximate surface area is 314 Å². The van der Waals surface area contributed by atoms with E-state index in [0.29, 0.717) is 0 Å². The van der Waals surface area contributed by atoms with Crippen molar-refractivity contribution in [3.63, 3.8) is 0 Å². The summed E-state index contributed by atoms with van der Waals surface area (Å²) in [6, 6.07) is 71.9. The molecular weight excluding hydrogens is 795 g/mol. The fourth-order valence-electron chi connectivity index (χ4n) is 3.80. The van der Waals surface area contributed by atoms with Crippen molar-refractivity contribution < 1.29 is 45.7 Å². The van der Waals surface area contributed by atoms with Crippen LogP contribution in [0.5, 0.6) is 0 Å². The average molecular weight is 831 g/mol. The molecule has 0 fully saturated rings. The second kappa shape index (κ2) is 28.4. The normalized spacial score (nSPS) is 8.53. The van der Waals surface area contributed by atoms with Gasteiger partial charge in [0, 0.05) is 43.3 Å². The molecule has 7 rings (SSSR count). The first-order chi connectivity index (χ1) is 20.9. The van der Waals surface area contributed by atoms with Gasteiger partial charge in [-0.25, -0.2) is 24.3 Å². The largest absolute Gasteiger partial charge is 5.00 e. The quantitative estimate of drug-likeness (QED) is 0.0725. The van der Waals surface area contributed by atoms with E-state index in [9.17, 15) is 0 Å². The van der Waals surface area contributed by atoms with Crippen molar-refractivity contribution in [3.8, 4) is 5.92 Å². The molecule has 0 aliphatic heterocycles. The Morgan fingerprint density at radius 1 is 0.422 bits per heavy atom. The van der Waals surface area contributed by atoms with Crippen LogP contribution in [0.1, 0.15) is 5.56 Å². The molecule has 0 atom stereocenters. The zero-order chi connectivity index (χ0) is 29.3. The summed E-state index contributed by atoms with van der Waals surface area (Å²) in [5, 5.41) is 4.31. The van der Waals surface area contributed by atoms with Crippen LogP contribution in [0.4, 0.5) is 0 Å². The first-order valence-electron chi connectivity index (χ1n) is 13.9. The first kappa shape index (κ1) is 41.9. The zero-order valence-corrected chi connectivity index (χ0v) is 31.9. The summed E-state index contributed by atoms with van der Waals surface area (Å²) in [5.74, 6) is 2.28. The van der Waals surface area contributed by atoms with Crippen molar-refractivity contribution in [2.45, 2.75) is 0 Å². The van der Waals surface area contributed by atoms with Crippen molar-refractivity contribution in [1.29, 1.82) is 0 Å². The minimum atomic E-state index is -0.877. The Morgan fingerprint density at radius 2 is 0.689 bits per heavy atom. The van der Waals surface area contributed by atoms with Gasteiger partial charge in [-0.15, -0.1) is 17.7 Å². The van der Waals surface area contributed by atoms with E-state index >= 15 is 0 Å². The van der Waals surface area contributed by atoms with Crippen LogP contribution in [0.15, 0.2) is 212 Å². The van der Waals surface area contributed by atoms with Gasteiger partial charge in [-0.05, 0) is 36.4 Å². The summed E-state index contributed by atoms with van der Waals surface area (Å²) in [6.07, 6.45) is 6.69. The van der Waals surface area contributed by atoms with Gasteiger partial charge in [0.25, 0.3) is 0 Å². The Bertz CT molecular complexity index is 1340. The number of hydrogen-bond donors (Lipinski definition) is 0. The fraction of sp³-hybridized carbons (Fsp3) is 0. The molecule has 0 nitrogen and oxygen atoms in total. The van der Waals surface area contributed by atoms with Crippen LogP contribution < -0.4 is 15.9 Å². The van der Waals surface area contributed by atoms with Gasteiger partial charge in [0.1, 0.15) is 15.9 Å². The zero-order valence-electron chi connectivity index (χ0n) is 25.0. The number of benzene rings is 4. The van der Waals surface area contributed by atoms with E-state index in [1.807, 2.05) is 121 Å². The van der Waals surface area contributed by atoms with Gasteiger partial charge >= 0.3 is 19.5 Å². The standard InChI is InChI=1S/C18H15P.C8H5.3C5H5.Ru.Se.Zr/c1-4-10-16(11-5-1)19(17-12-6-2-7-13-17)18-14-8-3-9-15-18;1-2-8-6-4-3-5-7-8;3*1-2-4-5-3-1;;;/h1-15H;3-7H;3*1-5H;;;/q;-1;-5;2*-1;+5;;/p+1. The van der Waals surface area contributed by atoms with E-state index in [2.05, 4.69) is 96.9 Å². The fourth-order valence-corrected chi connectivity index (χ4v) is 6.38. The van der Waals surface area contributed by atoms with E-state index < -0.39 is 7.92 Å². The predicted octanol–water partition coefficient (Wildman–Crippen LogP) is 8.63. The molecule has 0 aliphatic carbocycles. The Balaban J connectivity index is 0.000000616. The van der Waals surface area contributed by atoms with Gasteiger partial charge in [-0.2, -0.15) is 36.4 Å². The van der Waals surface area contributed by atoms with Gasteiger partial charge < -0.3 is 36.8 Å². The molecule has 45 heavy (non-hydrogen) atoms. The summed E-state index contributed by atoms with van der Waals surface area (Å²) in [4.78, 5) is 0. The van der Waals surface area contributed by atoms with Gasteiger partial charge in [-0.1, -0.05) is 72.8 Å². The van der Waals surface area contributed by atoms with Crippen LogP contribution in [0.25, 0.3) is 0 Å². The van der Waals surface area contributed by atoms with Gasteiger partial charge in [-0.3, -0.25) is 5.92 Å². The SMILES string of the molecule is [C-]#Cc1ccccc1.[Ru+5].[Se].[Zr].[cH-]1[cH-][cH-][cH-][cH-]1.c1cc[cH-]c1.c1cc[cH-]c1.c1ccc([PH+](c2ccccc2)c2ccccc2)cc1. The molecule has 0 unspecified atom stereocenters. The minimum Gasteiger partial charge on any atom is -0.748 e. The molecule has 7 aromatic carbocycles. The van der Waals surface area contributed by atoms with Crippen LogP contribution in [-0.4, -0.2) is 17.1 Å². The minimum absolute atomic E-state index is 0. The molecule has 4 heteroatoms. The monoisotopic (exact) mass is 831 g/mol. The molecule has 0 aromatic heterocycles. The molecule has 0 bridgehead atoms. The van der Waals surface area contributed by atoms with Crippen LogP contribution in [0, 0.1) is 12.3 Å². The van der Waals surface area contributed by atoms with Crippen molar-refractivity contribution in [2.75, 3.05) is 0 Å². The van der Waals surface area contributed by atoms with Crippen LogP contribution in [-0.2, 0) is 45.7 Å². The van der Waals surface area contributed by atoms with E-state index in [0.717, 1.165) is 5.56 Å². The molecule has 225 valence electrons. The van der Waals surface area contributed by atoms with Crippen LogP contribution in [0.3, 0.4) is 0 Å². The molecular formula is C41H36PRuSeZr-2. The van der Waals surface area contributed by atoms with Crippen molar-refractivity contribution in [3.05, 3.63) is 224 Å². The van der Waals surface area contributed by atoms with Crippen LogP contribution in [0.2, 0.25) is 0 Å². The molecule has 0 amide bonds. The Morgan fingerprint density at radius 3 is 0.889 bits per heavy atom. The van der Waals surface area contributed by atoms with Crippen molar-refractivity contribution in [2.24, 2.45) is 0 Å². The summed E-state index contributed by atoms with van der Waals surface area (Å²) in [6.45, 7) is 0. The Kier molecular flexibility index (Phi) is 26.5. The third kappa shape index (κ3) is 18.5. The van der Waals surface area contributed by atoms with Crippen molar-refractivity contribution >= 4 is 40.9 Å². The molecule has 0 spiro atoms. The van der Waals surface area contributed by atoms with Crippen LogP contribution >= 0.6 is 7.92 Å². The molecule has 0 heterocycles. The molecule has 0 saturated heterocycles. The molecule has 0 N–H and O–H groups in total. The average Bonchev–Trinajstić information content (AvgIpc) is 3.91. The summed E-state index contributed by atoms with van der Waals surface area (Å²) in [7, 11) is -0.877. The second-order valence-corrected chi connectivity index (χ2v) is 11.3. The summed E-state index contributed by atoms with van der Waals surface area (Å²) >= 11 is 0. The number of hydrogen-bond acceptors (Lipinski definition) is 0.